The van der Waals surface area contributed by atoms with Crippen LogP contribution in [0.2, 0.25) is 0 Å². The van der Waals surface area contributed by atoms with Gasteiger partial charge in [0.25, 0.3) is 0 Å². The molecule has 0 aliphatic carbocycles. The molecule has 5 heteroatoms. The highest BCUT2D eigenvalue weighted by molar-refractivity contribution is 9.10. The maximum Gasteiger partial charge on any atom is 0.140 e. The molecule has 2 rings (SSSR count). The number of hydrogen-bond donors (Lipinski definition) is 2. The van der Waals surface area contributed by atoms with Crippen molar-refractivity contribution in [3.05, 3.63) is 51.9 Å². The summed E-state index contributed by atoms with van der Waals surface area (Å²) in [6, 6.07) is 6.78. The molecule has 0 fully saturated rings. The Kier molecular flexibility index (Phi) is 4.37. The van der Waals surface area contributed by atoms with Crippen LogP contribution >= 0.6 is 15.9 Å². The first kappa shape index (κ1) is 13.8. The lowest BCUT2D eigenvalue weighted by Gasteiger charge is -2.11. The second-order valence-corrected chi connectivity index (χ2v) is 5.06. The number of hydrogen-bond acceptors (Lipinski definition) is 3. The molecule has 1 aromatic carbocycles. The van der Waals surface area contributed by atoms with Crippen molar-refractivity contribution in [1.29, 1.82) is 0 Å². The second-order valence-electron chi connectivity index (χ2n) is 4.27. The summed E-state index contributed by atoms with van der Waals surface area (Å²) in [5.74, 6) is 0.549. The largest absolute Gasteiger partial charge is 0.397 e. The quantitative estimate of drug-likeness (QED) is 0.905. The highest BCUT2D eigenvalue weighted by Crippen LogP contribution is 2.27. The minimum absolute atomic E-state index is 0.176. The van der Waals surface area contributed by atoms with Gasteiger partial charge < -0.3 is 11.1 Å². The molecule has 0 saturated carbocycles. The van der Waals surface area contributed by atoms with Gasteiger partial charge in [0.15, 0.2) is 0 Å². The molecule has 1 heterocycles. The molecular formula is C14H15BrFN3. The van der Waals surface area contributed by atoms with Gasteiger partial charge in [-0.25, -0.2) is 9.37 Å². The molecule has 19 heavy (non-hydrogen) atoms. The van der Waals surface area contributed by atoms with E-state index in [2.05, 4.69) is 26.2 Å². The molecule has 0 aliphatic heterocycles. The fraction of sp³-hybridized carbons (Fsp3) is 0.214. The van der Waals surface area contributed by atoms with E-state index in [4.69, 9.17) is 5.73 Å². The fourth-order valence-corrected chi connectivity index (χ4v) is 2.20. The van der Waals surface area contributed by atoms with Gasteiger partial charge in [0.05, 0.1) is 16.4 Å². The van der Waals surface area contributed by atoms with Gasteiger partial charge in [-0.2, -0.15) is 0 Å². The van der Waals surface area contributed by atoms with E-state index in [1.807, 2.05) is 13.0 Å². The normalized spacial score (nSPS) is 10.5. The van der Waals surface area contributed by atoms with Crippen molar-refractivity contribution >= 4 is 27.4 Å². The molecule has 0 spiro atoms. The van der Waals surface area contributed by atoms with Gasteiger partial charge >= 0.3 is 0 Å². The average molecular weight is 324 g/mol. The molecule has 0 bridgehead atoms. The summed E-state index contributed by atoms with van der Waals surface area (Å²) in [4.78, 5) is 4.22. The van der Waals surface area contributed by atoms with E-state index < -0.39 is 0 Å². The van der Waals surface area contributed by atoms with Crippen molar-refractivity contribution in [2.24, 2.45) is 0 Å². The molecule has 0 amide bonds. The molecule has 3 N–H and O–H groups in total. The summed E-state index contributed by atoms with van der Waals surface area (Å²) in [5.41, 5.74) is 8.04. The van der Waals surface area contributed by atoms with Gasteiger partial charge in [0.2, 0.25) is 0 Å². The Labute approximate surface area is 120 Å². The molecule has 0 saturated heterocycles. The maximum absolute atomic E-state index is 13.4. The van der Waals surface area contributed by atoms with Crippen molar-refractivity contribution in [2.75, 3.05) is 17.6 Å². The van der Waals surface area contributed by atoms with Gasteiger partial charge in [-0.05, 0) is 46.5 Å². The van der Waals surface area contributed by atoms with Crippen LogP contribution in [0.1, 0.15) is 11.1 Å². The summed E-state index contributed by atoms with van der Waals surface area (Å²) >= 11 is 3.45. The zero-order valence-corrected chi connectivity index (χ0v) is 12.2. The third-order valence-corrected chi connectivity index (χ3v) is 3.92. The molecule has 0 atom stereocenters. The number of nitrogens with zero attached hydrogens (tertiary/aromatic N) is 1. The number of nitrogen functional groups attached to an aromatic ring is 1. The number of nitrogens with two attached hydrogens (primary N) is 1. The van der Waals surface area contributed by atoms with Crippen LogP contribution in [-0.4, -0.2) is 11.5 Å². The number of aromatic nitrogens is 1. The summed E-state index contributed by atoms with van der Waals surface area (Å²) < 4.78 is 14.3. The van der Waals surface area contributed by atoms with Crippen LogP contribution in [0.3, 0.4) is 0 Å². The number of benzene rings is 1. The number of nitrogens with one attached hydrogen (secondary N) is 1. The Balaban J connectivity index is 2.01. The topological polar surface area (TPSA) is 50.9 Å². The smallest absolute Gasteiger partial charge is 0.140 e. The average Bonchev–Trinajstić information content (AvgIpc) is 2.41. The Morgan fingerprint density at radius 3 is 2.84 bits per heavy atom. The van der Waals surface area contributed by atoms with Crippen molar-refractivity contribution in [2.45, 2.75) is 13.3 Å². The SMILES string of the molecule is Cc1c(N)cnc(NCCc2ccccc2F)c1Br. The van der Waals surface area contributed by atoms with Crippen molar-refractivity contribution < 1.29 is 4.39 Å². The predicted octanol–water partition coefficient (Wildman–Crippen LogP) is 3.53. The summed E-state index contributed by atoms with van der Waals surface area (Å²) in [6.07, 6.45) is 2.22. The number of pyridine rings is 1. The molecule has 0 radical (unpaired) electrons. The zero-order chi connectivity index (χ0) is 13.8. The van der Waals surface area contributed by atoms with E-state index in [0.717, 1.165) is 15.9 Å². The molecule has 0 aliphatic rings. The Morgan fingerprint density at radius 1 is 1.37 bits per heavy atom. The molecule has 3 nitrogen and oxygen atoms in total. The highest BCUT2D eigenvalue weighted by atomic mass is 79.9. The Morgan fingerprint density at radius 2 is 2.11 bits per heavy atom. The van der Waals surface area contributed by atoms with Gasteiger partial charge in [-0.1, -0.05) is 18.2 Å². The van der Waals surface area contributed by atoms with E-state index in [1.54, 1.807) is 18.3 Å². The lowest BCUT2D eigenvalue weighted by Crippen LogP contribution is -2.09. The predicted molar refractivity (Wildman–Crippen MR) is 79.7 cm³/mol. The standard InChI is InChI=1S/C14H15BrFN3/c1-9-12(17)8-19-14(13(9)15)18-7-6-10-4-2-3-5-11(10)16/h2-5,8H,6-7,17H2,1H3,(H,18,19). The van der Waals surface area contributed by atoms with Crippen molar-refractivity contribution in [3.8, 4) is 0 Å². The number of anilines is 2. The molecule has 1 aromatic heterocycles. The third-order valence-electron chi connectivity index (χ3n) is 2.95. The van der Waals surface area contributed by atoms with E-state index in [-0.39, 0.29) is 5.82 Å². The summed E-state index contributed by atoms with van der Waals surface area (Å²) in [6.45, 7) is 2.53. The van der Waals surface area contributed by atoms with Crippen LogP contribution < -0.4 is 11.1 Å². The zero-order valence-electron chi connectivity index (χ0n) is 10.6. The Hall–Kier alpha value is -1.62. The second kappa shape index (κ2) is 6.02. The van der Waals surface area contributed by atoms with Crippen LogP contribution in [0.5, 0.6) is 0 Å². The van der Waals surface area contributed by atoms with Crippen LogP contribution in [-0.2, 0) is 6.42 Å². The number of rotatable bonds is 4. The maximum atomic E-state index is 13.4. The van der Waals surface area contributed by atoms with E-state index in [1.165, 1.54) is 6.07 Å². The van der Waals surface area contributed by atoms with Gasteiger partial charge in [0, 0.05) is 6.54 Å². The molecule has 100 valence electrons. The van der Waals surface area contributed by atoms with Crippen LogP contribution in [0, 0.1) is 12.7 Å². The fourth-order valence-electron chi connectivity index (χ4n) is 1.73. The van der Waals surface area contributed by atoms with E-state index >= 15 is 0 Å². The van der Waals surface area contributed by atoms with Crippen LogP contribution in [0.4, 0.5) is 15.9 Å². The van der Waals surface area contributed by atoms with E-state index in [9.17, 15) is 4.39 Å². The van der Waals surface area contributed by atoms with Gasteiger partial charge in [-0.3, -0.25) is 0 Å². The molecule has 2 aromatic rings. The lowest BCUT2D eigenvalue weighted by atomic mass is 10.1. The molecule has 0 unspecified atom stereocenters. The van der Waals surface area contributed by atoms with Crippen LogP contribution in [0.25, 0.3) is 0 Å². The number of halogens is 2. The van der Waals surface area contributed by atoms with Gasteiger partial charge in [0.1, 0.15) is 11.6 Å². The minimum Gasteiger partial charge on any atom is -0.397 e. The third kappa shape index (κ3) is 3.23. The van der Waals surface area contributed by atoms with E-state index in [0.29, 0.717) is 24.2 Å². The Bertz CT molecular complexity index is 587. The van der Waals surface area contributed by atoms with Crippen LogP contribution in [0.15, 0.2) is 34.9 Å². The van der Waals surface area contributed by atoms with Gasteiger partial charge in [-0.15, -0.1) is 0 Å². The monoisotopic (exact) mass is 323 g/mol. The first-order valence-corrected chi connectivity index (χ1v) is 6.76. The highest BCUT2D eigenvalue weighted by Gasteiger charge is 2.07. The molecular weight excluding hydrogens is 309 g/mol. The minimum atomic E-state index is -0.176. The van der Waals surface area contributed by atoms with Crippen molar-refractivity contribution in [1.82, 2.24) is 4.98 Å². The summed E-state index contributed by atoms with van der Waals surface area (Å²) in [5, 5.41) is 3.18. The lowest BCUT2D eigenvalue weighted by molar-refractivity contribution is 0.610. The summed E-state index contributed by atoms with van der Waals surface area (Å²) in [7, 11) is 0. The first-order chi connectivity index (χ1) is 9.09. The van der Waals surface area contributed by atoms with Crippen molar-refractivity contribution in [3.63, 3.8) is 0 Å². The first-order valence-electron chi connectivity index (χ1n) is 5.97.